The maximum Gasteiger partial charge on any atom is 0.345 e. The van der Waals surface area contributed by atoms with Crippen LogP contribution in [0.5, 0.6) is 11.5 Å². The Hall–Kier alpha value is -1.97. The quantitative estimate of drug-likeness (QED) is 0.471. The van der Waals surface area contributed by atoms with Crippen molar-refractivity contribution in [2.75, 3.05) is 13.7 Å². The molecular weight excluding hydrogens is 208 g/mol. The largest absolute Gasteiger partial charge is 0.507 e. The zero-order valence-electron chi connectivity index (χ0n) is 9.10. The van der Waals surface area contributed by atoms with E-state index in [-0.39, 0.29) is 11.3 Å². The lowest BCUT2D eigenvalue weighted by Gasteiger charge is -2.10. The third kappa shape index (κ3) is 2.76. The maximum absolute atomic E-state index is 11.4. The van der Waals surface area contributed by atoms with Gasteiger partial charge in [-0.25, -0.2) is 4.79 Å². The molecule has 0 unspecified atom stereocenters. The van der Waals surface area contributed by atoms with Crippen molar-refractivity contribution in [2.24, 2.45) is 0 Å². The molecule has 1 N–H and O–H groups in total. The zero-order chi connectivity index (χ0) is 12.0. The van der Waals surface area contributed by atoms with E-state index in [0.717, 1.165) is 0 Å². The number of hydrogen-bond acceptors (Lipinski definition) is 4. The number of methoxy groups -OCH3 is 1. The van der Waals surface area contributed by atoms with Gasteiger partial charge in [0.1, 0.15) is 17.1 Å². The molecule has 0 saturated carbocycles. The number of aromatic hydroxyl groups is 1. The molecule has 1 aromatic carbocycles. The van der Waals surface area contributed by atoms with Crippen LogP contribution in [0.15, 0.2) is 30.9 Å². The topological polar surface area (TPSA) is 55.8 Å². The number of esters is 1. The second-order valence-electron chi connectivity index (χ2n) is 3.07. The fraction of sp³-hybridized carbons (Fsp3) is 0.250. The van der Waals surface area contributed by atoms with Gasteiger partial charge in [0.2, 0.25) is 0 Å². The highest BCUT2D eigenvalue weighted by molar-refractivity contribution is 5.95. The van der Waals surface area contributed by atoms with E-state index in [1.54, 1.807) is 18.2 Å². The number of benzene rings is 1. The summed E-state index contributed by atoms with van der Waals surface area (Å²) in [5.41, 5.74) is 0.0501. The van der Waals surface area contributed by atoms with Crippen molar-refractivity contribution < 1.29 is 19.4 Å². The normalized spacial score (nSPS) is 9.56. The second kappa shape index (κ2) is 5.80. The van der Waals surface area contributed by atoms with Crippen LogP contribution in [0.2, 0.25) is 0 Å². The minimum Gasteiger partial charge on any atom is -0.507 e. The molecular formula is C12H14O4. The molecule has 0 aliphatic carbocycles. The minimum atomic E-state index is -0.619. The van der Waals surface area contributed by atoms with Gasteiger partial charge in [-0.3, -0.25) is 0 Å². The van der Waals surface area contributed by atoms with Crippen LogP contribution in [-0.4, -0.2) is 24.8 Å². The van der Waals surface area contributed by atoms with Gasteiger partial charge in [0.05, 0.1) is 13.7 Å². The third-order valence-corrected chi connectivity index (χ3v) is 1.97. The van der Waals surface area contributed by atoms with Crippen molar-refractivity contribution in [3.8, 4) is 11.5 Å². The van der Waals surface area contributed by atoms with Gasteiger partial charge in [0, 0.05) is 0 Å². The van der Waals surface area contributed by atoms with E-state index in [4.69, 9.17) is 4.74 Å². The molecule has 4 nitrogen and oxygen atoms in total. The first-order valence-electron chi connectivity index (χ1n) is 4.84. The minimum absolute atomic E-state index is 0.0501. The Morgan fingerprint density at radius 3 is 2.94 bits per heavy atom. The smallest absolute Gasteiger partial charge is 0.345 e. The van der Waals surface area contributed by atoms with Gasteiger partial charge < -0.3 is 14.6 Å². The third-order valence-electron chi connectivity index (χ3n) is 1.97. The standard InChI is InChI=1S/C12H14O4/c1-3-4-8-16-10-7-5-6-9(13)11(10)12(14)15-2/h3,5-7,13H,1,4,8H2,2H3. The Kier molecular flexibility index (Phi) is 4.39. The predicted molar refractivity (Wildman–Crippen MR) is 59.8 cm³/mol. The number of carbonyl (C=O) groups excluding carboxylic acids is 1. The van der Waals surface area contributed by atoms with Crippen molar-refractivity contribution in [3.05, 3.63) is 36.4 Å². The van der Waals surface area contributed by atoms with E-state index in [1.165, 1.54) is 13.2 Å². The van der Waals surface area contributed by atoms with Gasteiger partial charge in [0.25, 0.3) is 0 Å². The number of hydrogen-bond donors (Lipinski definition) is 1. The summed E-state index contributed by atoms with van der Waals surface area (Å²) in [5.74, 6) is -0.455. The SMILES string of the molecule is C=CCCOc1cccc(O)c1C(=O)OC. The number of ether oxygens (including phenoxy) is 2. The molecule has 4 heteroatoms. The lowest BCUT2D eigenvalue weighted by atomic mass is 10.2. The zero-order valence-corrected chi connectivity index (χ0v) is 9.10. The number of rotatable bonds is 5. The summed E-state index contributed by atoms with van der Waals surface area (Å²) < 4.78 is 9.91. The molecule has 1 aromatic rings. The Bertz CT molecular complexity index is 385. The van der Waals surface area contributed by atoms with E-state index < -0.39 is 5.97 Å². The van der Waals surface area contributed by atoms with Gasteiger partial charge in [-0.05, 0) is 18.6 Å². The highest BCUT2D eigenvalue weighted by Gasteiger charge is 2.17. The van der Waals surface area contributed by atoms with Crippen LogP contribution in [0.4, 0.5) is 0 Å². The molecule has 0 radical (unpaired) electrons. The van der Waals surface area contributed by atoms with Gasteiger partial charge >= 0.3 is 5.97 Å². The molecule has 0 aliphatic rings. The molecule has 16 heavy (non-hydrogen) atoms. The van der Waals surface area contributed by atoms with E-state index in [2.05, 4.69) is 11.3 Å². The van der Waals surface area contributed by atoms with Crippen LogP contribution in [0.25, 0.3) is 0 Å². The van der Waals surface area contributed by atoms with Crippen molar-refractivity contribution >= 4 is 5.97 Å². The van der Waals surface area contributed by atoms with E-state index in [0.29, 0.717) is 18.8 Å². The molecule has 0 spiro atoms. The fourth-order valence-corrected chi connectivity index (χ4v) is 1.20. The van der Waals surface area contributed by atoms with Crippen LogP contribution in [0.3, 0.4) is 0 Å². The summed E-state index contributed by atoms with van der Waals surface area (Å²) in [7, 11) is 1.25. The molecule has 0 atom stereocenters. The Morgan fingerprint density at radius 1 is 1.56 bits per heavy atom. The van der Waals surface area contributed by atoms with Crippen LogP contribution >= 0.6 is 0 Å². The van der Waals surface area contributed by atoms with Gasteiger partial charge in [-0.15, -0.1) is 6.58 Å². The molecule has 0 aliphatic heterocycles. The number of carbonyl (C=O) groups is 1. The molecule has 0 bridgehead atoms. The average Bonchev–Trinajstić information content (AvgIpc) is 2.29. The molecule has 1 rings (SSSR count). The van der Waals surface area contributed by atoms with Crippen LogP contribution in [0.1, 0.15) is 16.8 Å². The van der Waals surface area contributed by atoms with E-state index >= 15 is 0 Å². The molecule has 0 fully saturated rings. The first kappa shape index (κ1) is 12.1. The second-order valence-corrected chi connectivity index (χ2v) is 3.07. The summed E-state index contributed by atoms with van der Waals surface area (Å²) in [6.07, 6.45) is 2.37. The van der Waals surface area contributed by atoms with Gasteiger partial charge in [-0.1, -0.05) is 12.1 Å². The van der Waals surface area contributed by atoms with Crippen LogP contribution < -0.4 is 4.74 Å². The summed E-state index contributed by atoms with van der Waals surface area (Å²) in [6.45, 7) is 3.96. The monoisotopic (exact) mass is 222 g/mol. The average molecular weight is 222 g/mol. The molecule has 0 heterocycles. The molecule has 86 valence electrons. The van der Waals surface area contributed by atoms with Crippen molar-refractivity contribution in [1.29, 1.82) is 0 Å². The van der Waals surface area contributed by atoms with Crippen LogP contribution in [-0.2, 0) is 4.74 Å². The lowest BCUT2D eigenvalue weighted by molar-refractivity contribution is 0.0592. The Balaban J connectivity index is 2.93. The van der Waals surface area contributed by atoms with Gasteiger partial charge in [-0.2, -0.15) is 0 Å². The number of phenols is 1. The highest BCUT2D eigenvalue weighted by Crippen LogP contribution is 2.28. The Morgan fingerprint density at radius 2 is 2.31 bits per heavy atom. The lowest BCUT2D eigenvalue weighted by Crippen LogP contribution is -2.06. The summed E-state index contributed by atoms with van der Waals surface area (Å²) in [5, 5.41) is 9.55. The first-order chi connectivity index (χ1) is 7.70. The molecule has 0 amide bonds. The summed E-state index contributed by atoms with van der Waals surface area (Å²) in [4.78, 5) is 11.4. The van der Waals surface area contributed by atoms with Crippen molar-refractivity contribution in [2.45, 2.75) is 6.42 Å². The Labute approximate surface area is 94.1 Å². The van der Waals surface area contributed by atoms with E-state index in [1.807, 2.05) is 0 Å². The fourth-order valence-electron chi connectivity index (χ4n) is 1.20. The summed E-state index contributed by atoms with van der Waals surface area (Å²) >= 11 is 0. The number of phenolic OH excluding ortho intramolecular Hbond substituents is 1. The van der Waals surface area contributed by atoms with Gasteiger partial charge in [0.15, 0.2) is 0 Å². The maximum atomic E-state index is 11.4. The predicted octanol–water partition coefficient (Wildman–Crippen LogP) is 2.13. The summed E-state index contributed by atoms with van der Waals surface area (Å²) in [6, 6.07) is 4.62. The van der Waals surface area contributed by atoms with Crippen molar-refractivity contribution in [3.63, 3.8) is 0 Å². The first-order valence-corrected chi connectivity index (χ1v) is 4.84. The molecule has 0 saturated heterocycles. The van der Waals surface area contributed by atoms with E-state index in [9.17, 15) is 9.90 Å². The van der Waals surface area contributed by atoms with Crippen LogP contribution in [0, 0.1) is 0 Å². The van der Waals surface area contributed by atoms with Crippen molar-refractivity contribution in [1.82, 2.24) is 0 Å². The molecule has 0 aromatic heterocycles. The highest BCUT2D eigenvalue weighted by atomic mass is 16.5.